The van der Waals surface area contributed by atoms with E-state index in [0.29, 0.717) is 40.6 Å². The number of ketones is 1. The number of ether oxygens (including phenoxy) is 2. The minimum absolute atomic E-state index is 0.0564. The number of halogens is 1. The maximum Gasteiger partial charge on any atom is 0.193 e. The number of carbonyl (C=O) groups is 1. The van der Waals surface area contributed by atoms with Crippen molar-refractivity contribution in [2.45, 2.75) is 29.3 Å². The van der Waals surface area contributed by atoms with Crippen LogP contribution >= 0.6 is 22.9 Å². The topological polar surface area (TPSA) is 87.5 Å². The number of sulfone groups is 1. The first-order valence-electron chi connectivity index (χ1n) is 10.9. The summed E-state index contributed by atoms with van der Waals surface area (Å²) in [4.78, 5) is 11.8. The number of hydrogen-bond acceptors (Lipinski definition) is 7. The van der Waals surface area contributed by atoms with Gasteiger partial charge < -0.3 is 9.47 Å². The van der Waals surface area contributed by atoms with Crippen molar-refractivity contribution in [3.05, 3.63) is 75.8 Å². The van der Waals surface area contributed by atoms with Gasteiger partial charge >= 0.3 is 0 Å². The molecule has 2 heterocycles. The molecule has 7 nitrogen and oxygen atoms in total. The number of nitrogens with zero attached hydrogens (tertiary/aromatic N) is 2. The van der Waals surface area contributed by atoms with E-state index in [1.165, 1.54) is 13.2 Å². The minimum Gasteiger partial charge on any atom is -0.496 e. The van der Waals surface area contributed by atoms with Crippen LogP contribution in [0.3, 0.4) is 0 Å². The number of carbonyl (C=O) groups excluding carboxylic acids is 1. The van der Waals surface area contributed by atoms with E-state index in [1.54, 1.807) is 23.9 Å². The number of fused-ring (bicyclic) bond motifs is 1. The van der Waals surface area contributed by atoms with Gasteiger partial charge in [-0.25, -0.2) is 8.42 Å². The second-order valence-corrected chi connectivity index (χ2v) is 12.0. The van der Waals surface area contributed by atoms with E-state index in [9.17, 15) is 13.2 Å². The van der Waals surface area contributed by atoms with Crippen LogP contribution < -0.4 is 4.74 Å². The van der Waals surface area contributed by atoms with Gasteiger partial charge in [-0.15, -0.1) is 11.3 Å². The first-order chi connectivity index (χ1) is 16.8. The van der Waals surface area contributed by atoms with E-state index in [1.807, 2.05) is 36.4 Å². The Hall–Kier alpha value is -2.72. The van der Waals surface area contributed by atoms with Crippen LogP contribution in [0.4, 0.5) is 0 Å². The van der Waals surface area contributed by atoms with Crippen LogP contribution in [-0.4, -0.2) is 44.8 Å². The number of aromatic nitrogens is 2. The third kappa shape index (κ3) is 5.92. The van der Waals surface area contributed by atoms with Crippen LogP contribution in [0.1, 0.15) is 23.2 Å². The maximum absolute atomic E-state index is 13.1. The molecule has 0 aliphatic rings. The lowest BCUT2D eigenvalue weighted by Gasteiger charge is -2.07. The molecule has 10 heteroatoms. The van der Waals surface area contributed by atoms with Gasteiger partial charge in [-0.1, -0.05) is 41.9 Å². The second kappa shape index (κ2) is 10.9. The lowest BCUT2D eigenvalue weighted by atomic mass is 10.0. The van der Waals surface area contributed by atoms with Gasteiger partial charge in [0.25, 0.3) is 0 Å². The molecular formula is C25H25ClN2O5S2. The van der Waals surface area contributed by atoms with Gasteiger partial charge in [0, 0.05) is 13.5 Å². The van der Waals surface area contributed by atoms with Crippen LogP contribution in [0.25, 0.3) is 10.9 Å². The summed E-state index contributed by atoms with van der Waals surface area (Å²) in [6, 6.07) is 16.6. The van der Waals surface area contributed by atoms with Crippen molar-refractivity contribution in [3.8, 4) is 5.75 Å². The normalized spacial score (nSPS) is 11.7. The highest BCUT2D eigenvalue weighted by Crippen LogP contribution is 2.33. The fourth-order valence-electron chi connectivity index (χ4n) is 3.96. The highest BCUT2D eigenvalue weighted by atomic mass is 35.5. The number of hydrogen-bond donors (Lipinski definition) is 0. The lowest BCUT2D eigenvalue weighted by molar-refractivity contribution is -0.122. The molecule has 35 heavy (non-hydrogen) atoms. The van der Waals surface area contributed by atoms with Crippen molar-refractivity contribution < 1.29 is 22.7 Å². The van der Waals surface area contributed by atoms with Crippen molar-refractivity contribution in [2.24, 2.45) is 0 Å². The Labute approximate surface area is 213 Å². The molecule has 0 aliphatic heterocycles. The monoisotopic (exact) mass is 532 g/mol. The summed E-state index contributed by atoms with van der Waals surface area (Å²) in [5.41, 5.74) is 3.23. The molecule has 0 amide bonds. The smallest absolute Gasteiger partial charge is 0.193 e. The predicted octanol–water partition coefficient (Wildman–Crippen LogP) is 4.93. The number of rotatable bonds is 11. The minimum atomic E-state index is -3.63. The van der Waals surface area contributed by atoms with Gasteiger partial charge in [0.1, 0.15) is 22.3 Å². The molecule has 0 aliphatic carbocycles. The SMILES string of the molecule is COCC(=O)CCc1cccc(Cn2nc(CS(=O)(=O)c3ccc(Cl)s3)c3c(OC)cccc32)c1. The Morgan fingerprint density at radius 1 is 1.09 bits per heavy atom. The van der Waals surface area contributed by atoms with Crippen molar-refractivity contribution >= 4 is 49.5 Å². The van der Waals surface area contributed by atoms with Gasteiger partial charge in [-0.3, -0.25) is 9.48 Å². The zero-order valence-electron chi connectivity index (χ0n) is 19.4. The van der Waals surface area contributed by atoms with Gasteiger partial charge in [-0.2, -0.15) is 5.10 Å². The lowest BCUT2D eigenvalue weighted by Crippen LogP contribution is -2.08. The first-order valence-corrected chi connectivity index (χ1v) is 13.7. The van der Waals surface area contributed by atoms with E-state index < -0.39 is 9.84 Å². The Morgan fingerprint density at radius 2 is 1.86 bits per heavy atom. The molecule has 0 unspecified atom stereocenters. The number of benzene rings is 2. The van der Waals surface area contributed by atoms with E-state index in [2.05, 4.69) is 0 Å². The number of thiophene rings is 1. The Balaban J connectivity index is 1.65. The molecule has 0 bridgehead atoms. The second-order valence-electron chi connectivity index (χ2n) is 8.07. The molecule has 0 saturated carbocycles. The van der Waals surface area contributed by atoms with Crippen LogP contribution in [-0.2, 0) is 38.1 Å². The summed E-state index contributed by atoms with van der Waals surface area (Å²) in [7, 11) is -0.571. The van der Waals surface area contributed by atoms with Gasteiger partial charge in [0.15, 0.2) is 15.6 Å². The summed E-state index contributed by atoms with van der Waals surface area (Å²) < 4.78 is 39.0. The van der Waals surface area contributed by atoms with Gasteiger partial charge in [0.05, 0.1) is 34.6 Å². The predicted molar refractivity (Wildman–Crippen MR) is 137 cm³/mol. The van der Waals surface area contributed by atoms with Gasteiger partial charge in [-0.05, 0) is 41.8 Å². The highest BCUT2D eigenvalue weighted by molar-refractivity contribution is 7.92. The zero-order chi connectivity index (χ0) is 25.0. The Morgan fingerprint density at radius 3 is 2.57 bits per heavy atom. The van der Waals surface area contributed by atoms with Gasteiger partial charge in [0.2, 0.25) is 0 Å². The summed E-state index contributed by atoms with van der Waals surface area (Å²) in [6.07, 6.45) is 1.03. The molecular weight excluding hydrogens is 508 g/mol. The molecule has 2 aromatic heterocycles. The molecule has 0 saturated heterocycles. The molecule has 0 fully saturated rings. The molecule has 0 N–H and O–H groups in total. The average Bonchev–Trinajstić information content (AvgIpc) is 3.42. The molecule has 4 rings (SSSR count). The summed E-state index contributed by atoms with van der Waals surface area (Å²) in [5.74, 6) is 0.351. The van der Waals surface area contributed by atoms with Crippen molar-refractivity contribution in [2.75, 3.05) is 20.8 Å². The van der Waals surface area contributed by atoms with Crippen LogP contribution in [0, 0.1) is 0 Å². The number of Topliss-reactive ketones (excluding diaryl/α,β-unsaturated/α-hetero) is 1. The summed E-state index contributed by atoms with van der Waals surface area (Å²) >= 11 is 6.99. The third-order valence-electron chi connectivity index (χ3n) is 5.54. The molecule has 184 valence electrons. The standard InChI is InChI=1S/C25H25ClN2O5S2/c1-32-15-19(29)10-9-17-5-3-6-18(13-17)14-28-21-7-4-8-22(33-2)25(21)20(27-28)16-35(30,31)24-12-11-23(26)34-24/h3-8,11-13H,9-10,14-16H2,1-2H3. The fourth-order valence-corrected chi connectivity index (χ4v) is 6.80. The largest absolute Gasteiger partial charge is 0.496 e. The van der Waals surface area contributed by atoms with E-state index in [0.717, 1.165) is 28.0 Å². The molecule has 2 aromatic carbocycles. The molecule has 0 atom stereocenters. The van der Waals surface area contributed by atoms with Crippen molar-refractivity contribution in [1.82, 2.24) is 9.78 Å². The van der Waals surface area contributed by atoms with Crippen LogP contribution in [0.15, 0.2) is 58.8 Å². The van der Waals surface area contributed by atoms with Crippen LogP contribution in [0.5, 0.6) is 5.75 Å². The molecule has 4 aromatic rings. The highest BCUT2D eigenvalue weighted by Gasteiger charge is 2.24. The number of methoxy groups -OCH3 is 2. The van der Waals surface area contributed by atoms with Crippen LogP contribution in [0.2, 0.25) is 4.34 Å². The molecule has 0 radical (unpaired) electrons. The quantitative estimate of drug-likeness (QED) is 0.272. The zero-order valence-corrected chi connectivity index (χ0v) is 21.8. The van der Waals surface area contributed by atoms with Crippen molar-refractivity contribution in [3.63, 3.8) is 0 Å². The van der Waals surface area contributed by atoms with E-state index in [4.69, 9.17) is 26.2 Å². The Kier molecular flexibility index (Phi) is 7.91. The number of aryl methyl sites for hydroxylation is 1. The summed E-state index contributed by atoms with van der Waals surface area (Å²) in [5, 5.41) is 5.37. The van der Waals surface area contributed by atoms with Crippen molar-refractivity contribution in [1.29, 1.82) is 0 Å². The summed E-state index contributed by atoms with van der Waals surface area (Å²) in [6.45, 7) is 0.554. The fraction of sp³-hybridized carbons (Fsp3) is 0.280. The molecule has 0 spiro atoms. The third-order valence-corrected chi connectivity index (χ3v) is 8.98. The maximum atomic E-state index is 13.1. The van der Waals surface area contributed by atoms with E-state index in [-0.39, 0.29) is 22.4 Å². The Bertz CT molecular complexity index is 1460. The van der Waals surface area contributed by atoms with E-state index >= 15 is 0 Å². The average molecular weight is 533 g/mol. The first kappa shape index (κ1) is 25.4.